The van der Waals surface area contributed by atoms with E-state index in [1.165, 1.54) is 31.2 Å². The number of benzene rings is 2. The number of nitro benzene ring substituents is 1. The lowest BCUT2D eigenvalue weighted by atomic mass is 9.91. The van der Waals surface area contributed by atoms with Crippen molar-refractivity contribution in [2.45, 2.75) is 32.9 Å². The lowest BCUT2D eigenvalue weighted by molar-refractivity contribution is -0.385. The van der Waals surface area contributed by atoms with E-state index in [0.717, 1.165) is 16.0 Å². The molecule has 0 bridgehead atoms. The number of aryl methyl sites for hydroxylation is 2. The number of nitrogens with zero attached hydrogens (tertiary/aromatic N) is 2. The minimum atomic E-state index is -1.47. The molecule has 0 saturated carbocycles. The van der Waals surface area contributed by atoms with E-state index in [1.807, 2.05) is 19.9 Å². The zero-order valence-electron chi connectivity index (χ0n) is 17.1. The van der Waals surface area contributed by atoms with Crippen LogP contribution in [0.3, 0.4) is 0 Å². The van der Waals surface area contributed by atoms with Crippen molar-refractivity contribution in [3.63, 3.8) is 0 Å². The van der Waals surface area contributed by atoms with Gasteiger partial charge in [-0.25, -0.2) is 9.59 Å². The summed E-state index contributed by atoms with van der Waals surface area (Å²) in [4.78, 5) is 49.6. The van der Waals surface area contributed by atoms with Crippen LogP contribution in [0.2, 0.25) is 0 Å². The fraction of sp³-hybridized carbons (Fsp3) is 0.227. The first-order valence-electron chi connectivity index (χ1n) is 9.54. The van der Waals surface area contributed by atoms with E-state index in [4.69, 9.17) is 4.42 Å². The van der Waals surface area contributed by atoms with E-state index in [9.17, 15) is 24.5 Å². The SMILES string of the molecule is Cc1ccc2c(CN3C(=O)NC(C)(c4cccc([N+](=O)[O-])c4)C3=O)cc(=O)oc2c1C. The van der Waals surface area contributed by atoms with Gasteiger partial charge >= 0.3 is 11.7 Å². The van der Waals surface area contributed by atoms with E-state index >= 15 is 0 Å². The van der Waals surface area contributed by atoms with E-state index in [1.54, 1.807) is 12.1 Å². The topological polar surface area (TPSA) is 123 Å². The smallest absolute Gasteiger partial charge is 0.336 e. The third-order valence-corrected chi connectivity index (χ3v) is 5.76. The van der Waals surface area contributed by atoms with Crippen LogP contribution in [-0.2, 0) is 16.9 Å². The van der Waals surface area contributed by atoms with Crippen molar-refractivity contribution in [3.8, 4) is 0 Å². The molecule has 3 aromatic rings. The number of imide groups is 1. The molecule has 2 heterocycles. The number of non-ortho nitro benzene ring substituents is 1. The standard InChI is InChI=1S/C22H19N3O6/c1-12-7-8-17-14(9-18(26)31-19(17)13(12)2)11-24-20(27)22(3,23-21(24)28)15-5-4-6-16(10-15)25(29)30/h4-10H,11H2,1-3H3,(H,23,28). The van der Waals surface area contributed by atoms with Crippen molar-refractivity contribution in [3.05, 3.63) is 85.3 Å². The molecule has 31 heavy (non-hydrogen) atoms. The van der Waals surface area contributed by atoms with Crippen LogP contribution in [0.1, 0.15) is 29.2 Å². The monoisotopic (exact) mass is 421 g/mol. The number of carbonyl (C=O) groups excluding carboxylic acids is 2. The van der Waals surface area contributed by atoms with Crippen LogP contribution < -0.4 is 10.9 Å². The summed E-state index contributed by atoms with van der Waals surface area (Å²) in [6.07, 6.45) is 0. The Bertz CT molecular complexity index is 1330. The van der Waals surface area contributed by atoms with E-state index in [2.05, 4.69) is 5.32 Å². The molecule has 1 atom stereocenters. The number of nitro groups is 1. The zero-order chi connectivity index (χ0) is 22.5. The Hall–Kier alpha value is -4.01. The first-order chi connectivity index (χ1) is 14.6. The summed E-state index contributed by atoms with van der Waals surface area (Å²) in [5.74, 6) is -0.566. The van der Waals surface area contributed by atoms with Gasteiger partial charge in [-0.15, -0.1) is 0 Å². The predicted molar refractivity (Wildman–Crippen MR) is 111 cm³/mol. The van der Waals surface area contributed by atoms with Gasteiger partial charge in [-0.2, -0.15) is 0 Å². The van der Waals surface area contributed by atoms with Gasteiger partial charge in [0.15, 0.2) is 0 Å². The minimum Gasteiger partial charge on any atom is -0.422 e. The normalized spacial score (nSPS) is 18.5. The molecule has 4 rings (SSSR count). The molecule has 1 fully saturated rings. The van der Waals surface area contributed by atoms with Crippen molar-refractivity contribution < 1.29 is 18.9 Å². The van der Waals surface area contributed by atoms with Gasteiger partial charge in [0.1, 0.15) is 11.1 Å². The summed E-state index contributed by atoms with van der Waals surface area (Å²) < 4.78 is 5.35. The highest BCUT2D eigenvalue weighted by molar-refractivity contribution is 6.07. The molecule has 1 aliphatic rings. The third kappa shape index (κ3) is 3.24. The van der Waals surface area contributed by atoms with Gasteiger partial charge in [-0.3, -0.25) is 19.8 Å². The number of carbonyl (C=O) groups is 2. The van der Waals surface area contributed by atoms with Crippen molar-refractivity contribution in [1.82, 2.24) is 10.2 Å². The average Bonchev–Trinajstić information content (AvgIpc) is 2.95. The second kappa shape index (κ2) is 7.05. The van der Waals surface area contributed by atoms with E-state index in [0.29, 0.717) is 22.1 Å². The minimum absolute atomic E-state index is 0.139. The Morgan fingerprint density at radius 2 is 1.87 bits per heavy atom. The highest BCUT2D eigenvalue weighted by atomic mass is 16.6. The van der Waals surface area contributed by atoms with Crippen LogP contribution in [0, 0.1) is 24.0 Å². The van der Waals surface area contributed by atoms with Gasteiger partial charge < -0.3 is 9.73 Å². The summed E-state index contributed by atoms with van der Waals surface area (Å²) in [7, 11) is 0. The van der Waals surface area contributed by atoms with Crippen LogP contribution >= 0.6 is 0 Å². The molecule has 1 aromatic heterocycles. The number of hydrogen-bond donors (Lipinski definition) is 1. The van der Waals surface area contributed by atoms with Crippen LogP contribution in [0.4, 0.5) is 10.5 Å². The Morgan fingerprint density at radius 1 is 1.13 bits per heavy atom. The Kier molecular flexibility index (Phi) is 4.61. The van der Waals surface area contributed by atoms with Crippen molar-refractivity contribution in [2.75, 3.05) is 0 Å². The van der Waals surface area contributed by atoms with E-state index in [-0.39, 0.29) is 12.2 Å². The molecule has 9 nitrogen and oxygen atoms in total. The van der Waals surface area contributed by atoms with Crippen LogP contribution in [0.15, 0.2) is 51.7 Å². The lowest BCUT2D eigenvalue weighted by Crippen LogP contribution is -2.40. The Balaban J connectivity index is 1.75. The number of nitrogens with one attached hydrogen (secondary N) is 1. The maximum absolute atomic E-state index is 13.2. The highest BCUT2D eigenvalue weighted by Crippen LogP contribution is 2.32. The Labute approximate surface area is 176 Å². The second-order valence-corrected chi connectivity index (χ2v) is 7.73. The molecule has 1 aliphatic heterocycles. The lowest BCUT2D eigenvalue weighted by Gasteiger charge is -2.22. The molecule has 3 amide bonds. The molecular formula is C22H19N3O6. The summed E-state index contributed by atoms with van der Waals surface area (Å²) >= 11 is 0. The third-order valence-electron chi connectivity index (χ3n) is 5.76. The van der Waals surface area contributed by atoms with Crippen LogP contribution in [0.25, 0.3) is 11.0 Å². The van der Waals surface area contributed by atoms with E-state index < -0.39 is 28.0 Å². The summed E-state index contributed by atoms with van der Waals surface area (Å²) in [6.45, 7) is 5.08. The number of amides is 3. The number of fused-ring (bicyclic) bond motifs is 1. The van der Waals surface area contributed by atoms with Crippen molar-refractivity contribution in [2.24, 2.45) is 0 Å². The van der Waals surface area contributed by atoms with Gasteiger partial charge in [0, 0.05) is 23.6 Å². The summed E-state index contributed by atoms with van der Waals surface area (Å²) in [5.41, 5.74) is 0.700. The number of hydrogen-bond acceptors (Lipinski definition) is 6. The molecule has 1 unspecified atom stereocenters. The second-order valence-electron chi connectivity index (χ2n) is 7.73. The largest absolute Gasteiger partial charge is 0.422 e. The van der Waals surface area contributed by atoms with Crippen molar-refractivity contribution >= 4 is 28.6 Å². The molecule has 158 valence electrons. The maximum atomic E-state index is 13.2. The first kappa shape index (κ1) is 20.3. The average molecular weight is 421 g/mol. The fourth-order valence-corrected chi connectivity index (χ4v) is 3.79. The highest BCUT2D eigenvalue weighted by Gasteiger charge is 2.49. The number of rotatable bonds is 4. The molecule has 0 aliphatic carbocycles. The summed E-state index contributed by atoms with van der Waals surface area (Å²) in [5, 5.41) is 14.4. The molecule has 2 aromatic carbocycles. The number of urea groups is 1. The molecule has 0 spiro atoms. The first-order valence-corrected chi connectivity index (χ1v) is 9.54. The maximum Gasteiger partial charge on any atom is 0.336 e. The van der Waals surface area contributed by atoms with Gasteiger partial charge in [-0.05, 0) is 43.0 Å². The van der Waals surface area contributed by atoms with Gasteiger partial charge in [0.25, 0.3) is 11.6 Å². The molecule has 9 heteroatoms. The summed E-state index contributed by atoms with van der Waals surface area (Å²) in [6, 6.07) is 9.86. The van der Waals surface area contributed by atoms with Crippen LogP contribution in [0.5, 0.6) is 0 Å². The predicted octanol–water partition coefficient (Wildman–Crippen LogP) is 3.29. The van der Waals surface area contributed by atoms with Crippen LogP contribution in [-0.4, -0.2) is 21.8 Å². The Morgan fingerprint density at radius 3 is 2.58 bits per heavy atom. The fourth-order valence-electron chi connectivity index (χ4n) is 3.79. The van der Waals surface area contributed by atoms with Gasteiger partial charge in [0.2, 0.25) is 0 Å². The van der Waals surface area contributed by atoms with Gasteiger partial charge in [-0.1, -0.05) is 24.3 Å². The molecule has 0 radical (unpaired) electrons. The molecule has 1 N–H and O–H groups in total. The molecule has 1 saturated heterocycles. The molecular weight excluding hydrogens is 402 g/mol. The zero-order valence-corrected chi connectivity index (χ0v) is 17.1. The quantitative estimate of drug-likeness (QED) is 0.298. The van der Waals surface area contributed by atoms with Crippen molar-refractivity contribution in [1.29, 1.82) is 0 Å². The van der Waals surface area contributed by atoms with Gasteiger partial charge in [0.05, 0.1) is 11.5 Å².